The highest BCUT2D eigenvalue weighted by atomic mass is 17.2. The first kappa shape index (κ1) is 19.4. The monoisotopic (exact) mass is 340 g/mol. The Morgan fingerprint density at radius 1 is 0.840 bits per heavy atom. The minimum Gasteiger partial charge on any atom is -0.289 e. The van der Waals surface area contributed by atoms with E-state index in [1.54, 1.807) is 0 Å². The van der Waals surface area contributed by atoms with Crippen LogP contribution in [-0.2, 0) is 15.4 Å². The van der Waals surface area contributed by atoms with Crippen LogP contribution in [0, 0.1) is 0 Å². The topological polar surface area (TPSA) is 35.5 Å². The number of rotatable bonds is 8. The molecule has 0 aliphatic heterocycles. The summed E-state index contributed by atoms with van der Waals surface area (Å²) >= 11 is 0. The van der Waals surface area contributed by atoms with Gasteiger partial charge in [-0.15, -0.1) is 0 Å². The first-order chi connectivity index (χ1) is 11.7. The molecule has 2 rings (SSSR count). The first-order valence-corrected chi connectivity index (χ1v) is 8.82. The lowest BCUT2D eigenvalue weighted by Gasteiger charge is -2.31. The molecule has 0 aliphatic carbocycles. The summed E-state index contributed by atoms with van der Waals surface area (Å²) in [5.41, 5.74) is 1.40. The summed E-state index contributed by atoms with van der Waals surface area (Å²) in [5, 5.41) is 0. The van der Waals surface area contributed by atoms with Crippen LogP contribution in [0.25, 0.3) is 0 Å². The third kappa shape index (κ3) is 5.25. The van der Waals surface area contributed by atoms with Crippen LogP contribution in [-0.4, -0.2) is 11.4 Å². The van der Waals surface area contributed by atoms with E-state index >= 15 is 0 Å². The Morgan fingerprint density at radius 2 is 1.40 bits per heavy atom. The van der Waals surface area contributed by atoms with Crippen molar-refractivity contribution in [3.63, 3.8) is 0 Å². The summed E-state index contributed by atoms with van der Waals surface area (Å²) in [5.74, 6) is 0.0196. The van der Waals surface area contributed by atoms with Crippen molar-refractivity contribution < 1.29 is 14.6 Å². The van der Waals surface area contributed by atoms with Gasteiger partial charge in [-0.05, 0) is 39.7 Å². The molecule has 3 nitrogen and oxygen atoms in total. The number of ketones is 1. The third-order valence-corrected chi connectivity index (χ3v) is 4.21. The van der Waals surface area contributed by atoms with E-state index in [0.29, 0.717) is 11.1 Å². The summed E-state index contributed by atoms with van der Waals surface area (Å²) in [6.07, 6.45) is 1.96. The van der Waals surface area contributed by atoms with Crippen molar-refractivity contribution in [2.24, 2.45) is 0 Å². The number of benzene rings is 2. The maximum atomic E-state index is 12.5. The van der Waals surface area contributed by atoms with Crippen molar-refractivity contribution in [3.05, 3.63) is 71.3 Å². The number of carbonyl (C=O) groups is 1. The van der Waals surface area contributed by atoms with Crippen LogP contribution in [0.5, 0.6) is 0 Å². The predicted molar refractivity (Wildman–Crippen MR) is 100 cm³/mol. The van der Waals surface area contributed by atoms with E-state index in [2.05, 4.69) is 6.92 Å². The molecule has 0 amide bonds. The zero-order valence-corrected chi connectivity index (χ0v) is 15.8. The van der Waals surface area contributed by atoms with Crippen molar-refractivity contribution in [2.75, 3.05) is 0 Å². The molecule has 0 aromatic heterocycles. The van der Waals surface area contributed by atoms with Crippen molar-refractivity contribution >= 4 is 5.78 Å². The second-order valence-corrected chi connectivity index (χ2v) is 7.46. The Kier molecular flexibility index (Phi) is 6.15. The normalized spacial score (nSPS) is 12.2. The SMILES string of the molecule is CCCC(C)(C)OOC(C)(C)c1ccc(C(=O)c2ccccc2)cc1. The largest absolute Gasteiger partial charge is 0.289 e. The number of hydrogen-bond donors (Lipinski definition) is 0. The Balaban J connectivity index is 2.09. The molecule has 134 valence electrons. The van der Waals surface area contributed by atoms with Gasteiger partial charge in [0.25, 0.3) is 0 Å². The maximum Gasteiger partial charge on any atom is 0.193 e. The van der Waals surface area contributed by atoms with Crippen LogP contribution >= 0.6 is 0 Å². The summed E-state index contributed by atoms with van der Waals surface area (Å²) in [6.45, 7) is 10.1. The molecule has 0 spiro atoms. The Labute approximate surface area is 150 Å². The van der Waals surface area contributed by atoms with Crippen LogP contribution in [0.1, 0.15) is 68.9 Å². The quantitative estimate of drug-likeness (QED) is 0.352. The molecule has 0 bridgehead atoms. The van der Waals surface area contributed by atoms with Gasteiger partial charge < -0.3 is 0 Å². The third-order valence-electron chi connectivity index (χ3n) is 4.21. The van der Waals surface area contributed by atoms with Crippen LogP contribution in [0.15, 0.2) is 54.6 Å². The van der Waals surface area contributed by atoms with Gasteiger partial charge in [-0.1, -0.05) is 67.9 Å². The summed E-state index contributed by atoms with van der Waals surface area (Å²) in [4.78, 5) is 23.9. The minimum atomic E-state index is -0.598. The molecule has 0 saturated heterocycles. The predicted octanol–water partition coefficient (Wildman–Crippen LogP) is 5.68. The van der Waals surface area contributed by atoms with E-state index in [9.17, 15) is 4.79 Å². The van der Waals surface area contributed by atoms with E-state index in [4.69, 9.17) is 9.78 Å². The van der Waals surface area contributed by atoms with Crippen molar-refractivity contribution in [2.45, 2.75) is 58.7 Å². The summed E-state index contributed by atoms with van der Waals surface area (Å²) in [7, 11) is 0. The second kappa shape index (κ2) is 7.94. The zero-order valence-electron chi connectivity index (χ0n) is 15.8. The molecule has 2 aromatic rings. The van der Waals surface area contributed by atoms with Gasteiger partial charge in [0, 0.05) is 11.1 Å². The van der Waals surface area contributed by atoms with Gasteiger partial charge in [0.05, 0.1) is 5.60 Å². The average Bonchev–Trinajstić information content (AvgIpc) is 2.60. The molecule has 3 heteroatoms. The number of hydrogen-bond acceptors (Lipinski definition) is 3. The smallest absolute Gasteiger partial charge is 0.193 e. The van der Waals surface area contributed by atoms with E-state index < -0.39 is 5.60 Å². The van der Waals surface area contributed by atoms with E-state index in [1.807, 2.05) is 82.3 Å². The molecule has 2 aromatic carbocycles. The van der Waals surface area contributed by atoms with E-state index in [1.165, 1.54) is 0 Å². The number of carbonyl (C=O) groups excluding carboxylic acids is 1. The molecular weight excluding hydrogens is 312 g/mol. The highest BCUT2D eigenvalue weighted by Gasteiger charge is 2.28. The van der Waals surface area contributed by atoms with E-state index in [0.717, 1.165) is 18.4 Å². The first-order valence-electron chi connectivity index (χ1n) is 8.82. The van der Waals surface area contributed by atoms with Gasteiger partial charge in [-0.2, -0.15) is 0 Å². The Morgan fingerprint density at radius 3 is 1.96 bits per heavy atom. The Hall–Kier alpha value is -1.97. The second-order valence-electron chi connectivity index (χ2n) is 7.46. The molecule has 0 saturated carbocycles. The fourth-order valence-electron chi connectivity index (χ4n) is 2.69. The Bertz CT molecular complexity index is 685. The lowest BCUT2D eigenvalue weighted by Crippen LogP contribution is -2.31. The lowest BCUT2D eigenvalue weighted by atomic mass is 9.95. The average molecular weight is 340 g/mol. The standard InChI is InChI=1S/C22H28O3/c1-6-16-21(2,3)24-25-22(4,5)19-14-12-18(13-15-19)20(23)17-10-8-7-9-11-17/h7-15H,6,16H2,1-5H3. The molecule has 0 unspecified atom stereocenters. The molecular formula is C22H28O3. The fraction of sp³-hybridized carbons (Fsp3) is 0.409. The van der Waals surface area contributed by atoms with Gasteiger partial charge >= 0.3 is 0 Å². The lowest BCUT2D eigenvalue weighted by molar-refractivity contribution is -0.406. The fourth-order valence-corrected chi connectivity index (χ4v) is 2.69. The molecule has 0 fully saturated rings. The van der Waals surface area contributed by atoms with Gasteiger partial charge in [0.1, 0.15) is 5.60 Å². The maximum absolute atomic E-state index is 12.5. The van der Waals surface area contributed by atoms with Gasteiger partial charge in [0.2, 0.25) is 0 Å². The van der Waals surface area contributed by atoms with Crippen molar-refractivity contribution in [1.82, 2.24) is 0 Å². The summed E-state index contributed by atoms with van der Waals surface area (Å²) < 4.78 is 0. The van der Waals surface area contributed by atoms with Crippen LogP contribution in [0.4, 0.5) is 0 Å². The van der Waals surface area contributed by atoms with Crippen LogP contribution < -0.4 is 0 Å². The molecule has 0 N–H and O–H groups in total. The van der Waals surface area contributed by atoms with Crippen LogP contribution in [0.2, 0.25) is 0 Å². The zero-order chi connectivity index (χ0) is 18.5. The van der Waals surface area contributed by atoms with Gasteiger partial charge in [-0.25, -0.2) is 9.78 Å². The van der Waals surface area contributed by atoms with Crippen LogP contribution in [0.3, 0.4) is 0 Å². The van der Waals surface area contributed by atoms with Gasteiger partial charge in [0.15, 0.2) is 5.78 Å². The molecule has 0 atom stereocenters. The molecule has 0 heterocycles. The van der Waals surface area contributed by atoms with Gasteiger partial charge in [-0.3, -0.25) is 4.79 Å². The molecule has 0 aliphatic rings. The van der Waals surface area contributed by atoms with Crippen molar-refractivity contribution in [1.29, 1.82) is 0 Å². The molecule has 25 heavy (non-hydrogen) atoms. The molecule has 0 radical (unpaired) electrons. The highest BCUT2D eigenvalue weighted by Crippen LogP contribution is 2.29. The summed E-state index contributed by atoms with van der Waals surface area (Å²) in [6, 6.07) is 16.8. The van der Waals surface area contributed by atoms with Crippen molar-refractivity contribution in [3.8, 4) is 0 Å². The highest BCUT2D eigenvalue weighted by molar-refractivity contribution is 6.08. The van der Waals surface area contributed by atoms with E-state index in [-0.39, 0.29) is 11.4 Å². The minimum absolute atomic E-state index is 0.0196.